The Morgan fingerprint density at radius 3 is 2.44 bits per heavy atom. The van der Waals surface area contributed by atoms with E-state index in [1.54, 1.807) is 0 Å². The molecule has 0 aromatic carbocycles. The molecule has 1 amide bonds. The zero-order valence-electron chi connectivity index (χ0n) is 13.8. The lowest BCUT2D eigenvalue weighted by atomic mass is 9.80. The van der Waals surface area contributed by atoms with Gasteiger partial charge in [-0.1, -0.05) is 0 Å². The van der Waals surface area contributed by atoms with E-state index in [4.69, 9.17) is 0 Å². The monoisotopic (exact) mass is 358 g/mol. The van der Waals surface area contributed by atoms with Gasteiger partial charge in [0.2, 0.25) is 5.91 Å². The second-order valence-electron chi connectivity index (χ2n) is 5.89. The van der Waals surface area contributed by atoms with Gasteiger partial charge in [0.15, 0.2) is 11.1 Å². The zero-order chi connectivity index (χ0) is 18.8. The fourth-order valence-corrected chi connectivity index (χ4v) is 2.73. The van der Waals surface area contributed by atoms with Crippen molar-refractivity contribution in [2.75, 3.05) is 20.2 Å². The van der Waals surface area contributed by atoms with Gasteiger partial charge in [0.1, 0.15) is 6.54 Å². The predicted molar refractivity (Wildman–Crippen MR) is 77.8 cm³/mol. The number of amides is 1. The van der Waals surface area contributed by atoms with E-state index in [2.05, 4.69) is 9.84 Å². The van der Waals surface area contributed by atoms with Crippen molar-refractivity contribution in [2.45, 2.75) is 32.5 Å². The zero-order valence-corrected chi connectivity index (χ0v) is 13.8. The molecule has 2 heterocycles. The quantitative estimate of drug-likeness (QED) is 0.765. The standard InChI is InChI=1S/C15H17F3N4O3/c1-10-7-11(15(16,17)18)20-22(10)8-12(23)21-5-3-14(9-19,4-6-21)13(24)25-2/h7H,3-6,8H2,1-2H3. The van der Waals surface area contributed by atoms with Crippen LogP contribution in [-0.4, -0.2) is 46.8 Å². The Morgan fingerprint density at radius 2 is 2.00 bits per heavy atom. The molecule has 1 aromatic rings. The van der Waals surface area contributed by atoms with Crippen LogP contribution in [0.15, 0.2) is 6.07 Å². The molecular weight excluding hydrogens is 341 g/mol. The van der Waals surface area contributed by atoms with Gasteiger partial charge in [-0.05, 0) is 25.8 Å². The van der Waals surface area contributed by atoms with Crippen molar-refractivity contribution < 1.29 is 27.5 Å². The first-order chi connectivity index (χ1) is 11.6. The average Bonchev–Trinajstić information content (AvgIpc) is 2.95. The number of alkyl halides is 3. The van der Waals surface area contributed by atoms with Gasteiger partial charge < -0.3 is 9.64 Å². The highest BCUT2D eigenvalue weighted by atomic mass is 19.4. The van der Waals surface area contributed by atoms with Crippen LogP contribution in [0.5, 0.6) is 0 Å². The summed E-state index contributed by atoms with van der Waals surface area (Å²) in [5.41, 5.74) is -2.11. The van der Waals surface area contributed by atoms with E-state index in [1.165, 1.54) is 18.9 Å². The first kappa shape index (κ1) is 18.8. The van der Waals surface area contributed by atoms with Crippen LogP contribution in [0.2, 0.25) is 0 Å². The van der Waals surface area contributed by atoms with Crippen LogP contribution in [0.25, 0.3) is 0 Å². The normalized spacial score (nSPS) is 17.0. The van der Waals surface area contributed by atoms with Gasteiger partial charge in [-0.25, -0.2) is 0 Å². The number of aryl methyl sites for hydroxylation is 1. The van der Waals surface area contributed by atoms with Crippen molar-refractivity contribution in [1.29, 1.82) is 5.26 Å². The van der Waals surface area contributed by atoms with Gasteiger partial charge in [-0.15, -0.1) is 0 Å². The van der Waals surface area contributed by atoms with Crippen LogP contribution < -0.4 is 0 Å². The Kier molecular flexibility index (Phi) is 5.06. The van der Waals surface area contributed by atoms with Crippen LogP contribution in [0.1, 0.15) is 24.2 Å². The molecule has 0 aliphatic carbocycles. The molecule has 0 radical (unpaired) electrons. The van der Waals surface area contributed by atoms with Gasteiger partial charge in [-0.2, -0.15) is 23.5 Å². The van der Waals surface area contributed by atoms with Crippen molar-refractivity contribution >= 4 is 11.9 Å². The number of ether oxygens (including phenoxy) is 1. The second kappa shape index (κ2) is 6.74. The molecule has 0 N–H and O–H groups in total. The molecule has 1 aliphatic rings. The molecule has 1 aliphatic heterocycles. The largest absolute Gasteiger partial charge is 0.468 e. The summed E-state index contributed by atoms with van der Waals surface area (Å²) in [6, 6.07) is 2.83. The molecule has 25 heavy (non-hydrogen) atoms. The number of esters is 1. The van der Waals surface area contributed by atoms with E-state index in [1.807, 2.05) is 6.07 Å². The minimum absolute atomic E-state index is 0.119. The number of aromatic nitrogens is 2. The molecule has 7 nitrogen and oxygen atoms in total. The van der Waals surface area contributed by atoms with Gasteiger partial charge in [0.25, 0.3) is 0 Å². The number of carbonyl (C=O) groups excluding carboxylic acids is 2. The molecule has 0 bridgehead atoms. The minimum Gasteiger partial charge on any atom is -0.468 e. The van der Waals surface area contributed by atoms with Crippen LogP contribution >= 0.6 is 0 Å². The number of methoxy groups -OCH3 is 1. The van der Waals surface area contributed by atoms with Gasteiger partial charge in [-0.3, -0.25) is 14.3 Å². The molecular formula is C15H17F3N4O3. The molecule has 0 saturated carbocycles. The van der Waals surface area contributed by atoms with Crippen LogP contribution in [-0.2, 0) is 27.0 Å². The smallest absolute Gasteiger partial charge is 0.435 e. The van der Waals surface area contributed by atoms with Crippen molar-refractivity contribution in [3.8, 4) is 6.07 Å². The Balaban J connectivity index is 2.03. The molecule has 0 atom stereocenters. The lowest BCUT2D eigenvalue weighted by Crippen LogP contribution is -2.47. The SMILES string of the molecule is COC(=O)C1(C#N)CCN(C(=O)Cn2nc(C(F)(F)F)cc2C)CC1. The van der Waals surface area contributed by atoms with Crippen LogP contribution in [0, 0.1) is 23.7 Å². The lowest BCUT2D eigenvalue weighted by molar-refractivity contribution is -0.153. The van der Waals surface area contributed by atoms with E-state index < -0.39 is 29.2 Å². The maximum Gasteiger partial charge on any atom is 0.435 e. The molecule has 136 valence electrons. The number of piperidine rings is 1. The highest BCUT2D eigenvalue weighted by molar-refractivity contribution is 5.81. The number of likely N-dealkylation sites (tertiary alicyclic amines) is 1. The second-order valence-corrected chi connectivity index (χ2v) is 5.89. The first-order valence-corrected chi connectivity index (χ1v) is 7.52. The van der Waals surface area contributed by atoms with Crippen molar-refractivity contribution in [2.24, 2.45) is 5.41 Å². The Labute approximate surface area is 141 Å². The third-order valence-corrected chi connectivity index (χ3v) is 4.32. The summed E-state index contributed by atoms with van der Waals surface area (Å²) >= 11 is 0. The van der Waals surface area contributed by atoms with Gasteiger partial charge in [0.05, 0.1) is 13.2 Å². The fourth-order valence-electron chi connectivity index (χ4n) is 2.73. The highest BCUT2D eigenvalue weighted by Crippen LogP contribution is 2.32. The van der Waals surface area contributed by atoms with E-state index in [9.17, 15) is 28.0 Å². The number of nitriles is 1. The number of nitrogens with zero attached hydrogens (tertiary/aromatic N) is 4. The van der Waals surface area contributed by atoms with Crippen molar-refractivity contribution in [3.05, 3.63) is 17.5 Å². The van der Waals surface area contributed by atoms with Crippen molar-refractivity contribution in [3.63, 3.8) is 0 Å². The van der Waals surface area contributed by atoms with Crippen LogP contribution in [0.4, 0.5) is 13.2 Å². The summed E-state index contributed by atoms with van der Waals surface area (Å²) < 4.78 is 43.6. The maximum atomic E-state index is 12.7. The number of hydrogen-bond acceptors (Lipinski definition) is 5. The minimum atomic E-state index is -4.57. The maximum absolute atomic E-state index is 12.7. The van der Waals surface area contributed by atoms with Gasteiger partial charge in [0, 0.05) is 18.8 Å². The Morgan fingerprint density at radius 1 is 1.40 bits per heavy atom. The molecule has 1 fully saturated rings. The summed E-state index contributed by atoms with van der Waals surface area (Å²) in [6.45, 7) is 1.39. The van der Waals surface area contributed by atoms with Crippen LogP contribution in [0.3, 0.4) is 0 Å². The molecule has 2 rings (SSSR count). The number of halogens is 3. The summed E-state index contributed by atoms with van der Waals surface area (Å²) in [4.78, 5) is 25.5. The molecule has 0 unspecified atom stereocenters. The molecule has 10 heteroatoms. The molecule has 1 aromatic heterocycles. The average molecular weight is 358 g/mol. The summed E-state index contributed by atoms with van der Waals surface area (Å²) in [7, 11) is 1.19. The Hall–Kier alpha value is -2.57. The predicted octanol–water partition coefficient (Wildman–Crippen LogP) is 1.52. The summed E-state index contributed by atoms with van der Waals surface area (Å²) in [5, 5.41) is 12.7. The van der Waals surface area contributed by atoms with E-state index in [-0.39, 0.29) is 38.2 Å². The van der Waals surface area contributed by atoms with Crippen molar-refractivity contribution in [1.82, 2.24) is 14.7 Å². The summed E-state index contributed by atoms with van der Waals surface area (Å²) in [6.07, 6.45) is -4.33. The number of carbonyl (C=O) groups is 2. The third kappa shape index (κ3) is 3.75. The lowest BCUT2D eigenvalue weighted by Gasteiger charge is -2.35. The third-order valence-electron chi connectivity index (χ3n) is 4.32. The topological polar surface area (TPSA) is 88.2 Å². The van der Waals surface area contributed by atoms with E-state index in [0.717, 1.165) is 10.7 Å². The molecule has 0 spiro atoms. The van der Waals surface area contributed by atoms with Gasteiger partial charge >= 0.3 is 12.1 Å². The Bertz CT molecular complexity index is 713. The molecule has 1 saturated heterocycles. The van der Waals surface area contributed by atoms with E-state index >= 15 is 0 Å². The fraction of sp³-hybridized carbons (Fsp3) is 0.600. The first-order valence-electron chi connectivity index (χ1n) is 7.52. The number of hydrogen-bond donors (Lipinski definition) is 0. The van der Waals surface area contributed by atoms with E-state index in [0.29, 0.717) is 0 Å². The number of rotatable bonds is 3. The summed E-state index contributed by atoms with van der Waals surface area (Å²) in [5.74, 6) is -1.06. The highest BCUT2D eigenvalue weighted by Gasteiger charge is 2.44.